The Labute approximate surface area is 116 Å². The fourth-order valence-corrected chi connectivity index (χ4v) is 2.96. The van der Waals surface area contributed by atoms with Crippen LogP contribution in [-0.2, 0) is 6.61 Å². The highest BCUT2D eigenvalue weighted by Gasteiger charge is 2.26. The predicted molar refractivity (Wildman–Crippen MR) is 71.3 cm³/mol. The largest absolute Gasteiger partial charge is 0.391 e. The number of hydrogen-bond acceptors (Lipinski definition) is 4. The normalized spacial score (nSPS) is 16.1. The van der Waals surface area contributed by atoms with E-state index in [2.05, 4.69) is 15.3 Å². The van der Waals surface area contributed by atoms with Gasteiger partial charge in [0, 0.05) is 17.7 Å². The van der Waals surface area contributed by atoms with Gasteiger partial charge in [-0.05, 0) is 25.0 Å². The Hall–Kier alpha value is -1.46. The zero-order valence-corrected chi connectivity index (χ0v) is 11.2. The summed E-state index contributed by atoms with van der Waals surface area (Å²) in [7, 11) is 0. The van der Waals surface area contributed by atoms with Crippen molar-refractivity contribution in [2.45, 2.75) is 38.2 Å². The first kappa shape index (κ1) is 12.6. The van der Waals surface area contributed by atoms with Crippen molar-refractivity contribution in [1.29, 1.82) is 0 Å². The summed E-state index contributed by atoms with van der Waals surface area (Å²) in [6, 6.07) is 3.58. The third-order valence-electron chi connectivity index (χ3n) is 3.63. The second-order valence-electron chi connectivity index (χ2n) is 4.79. The van der Waals surface area contributed by atoms with E-state index in [1.807, 2.05) is 0 Å². The Balaban J connectivity index is 2.07. The summed E-state index contributed by atoms with van der Waals surface area (Å²) < 4.78 is 1.56. The van der Waals surface area contributed by atoms with Crippen molar-refractivity contribution in [3.8, 4) is 5.82 Å². The lowest BCUT2D eigenvalue weighted by Crippen LogP contribution is -2.02. The molecule has 0 atom stereocenters. The van der Waals surface area contributed by atoms with Gasteiger partial charge in [0.25, 0.3) is 0 Å². The van der Waals surface area contributed by atoms with Crippen molar-refractivity contribution in [2.24, 2.45) is 0 Å². The molecule has 0 bridgehead atoms. The lowest BCUT2D eigenvalue weighted by molar-refractivity contribution is 0.280. The highest BCUT2D eigenvalue weighted by atomic mass is 35.5. The molecule has 1 aliphatic rings. The van der Waals surface area contributed by atoms with Crippen LogP contribution in [0.2, 0.25) is 5.15 Å². The van der Waals surface area contributed by atoms with Crippen molar-refractivity contribution in [2.75, 3.05) is 0 Å². The standard InChI is InChI=1S/C13H15ClN4O/c14-13-10(8-19)12(9-4-1-2-5-9)17-18(13)11-6-3-7-15-16-11/h3,6-7,9,19H,1-2,4-5,8H2. The van der Waals surface area contributed by atoms with Crippen LogP contribution >= 0.6 is 11.6 Å². The Bertz CT molecular complexity index is 564. The van der Waals surface area contributed by atoms with E-state index < -0.39 is 0 Å². The van der Waals surface area contributed by atoms with Gasteiger partial charge in [-0.2, -0.15) is 10.2 Å². The summed E-state index contributed by atoms with van der Waals surface area (Å²) in [4.78, 5) is 0. The monoisotopic (exact) mass is 278 g/mol. The van der Waals surface area contributed by atoms with Gasteiger partial charge in [0.15, 0.2) is 5.82 Å². The van der Waals surface area contributed by atoms with E-state index in [0.717, 1.165) is 24.1 Å². The summed E-state index contributed by atoms with van der Waals surface area (Å²) in [5, 5.41) is 22.4. The van der Waals surface area contributed by atoms with Gasteiger partial charge in [-0.1, -0.05) is 24.4 Å². The smallest absolute Gasteiger partial charge is 0.177 e. The van der Waals surface area contributed by atoms with Crippen molar-refractivity contribution < 1.29 is 5.11 Å². The maximum absolute atomic E-state index is 9.55. The fraction of sp³-hybridized carbons (Fsp3) is 0.462. The number of halogens is 1. The number of nitrogens with zero attached hydrogens (tertiary/aromatic N) is 4. The quantitative estimate of drug-likeness (QED) is 0.937. The number of aromatic nitrogens is 4. The van der Waals surface area contributed by atoms with Crippen LogP contribution in [0.1, 0.15) is 42.9 Å². The fourth-order valence-electron chi connectivity index (χ4n) is 2.68. The van der Waals surface area contributed by atoms with Crippen molar-refractivity contribution in [1.82, 2.24) is 20.0 Å². The highest BCUT2D eigenvalue weighted by molar-refractivity contribution is 6.30. The van der Waals surface area contributed by atoms with Gasteiger partial charge in [-0.3, -0.25) is 0 Å². The first-order chi connectivity index (χ1) is 9.31. The van der Waals surface area contributed by atoms with E-state index in [1.54, 1.807) is 23.0 Å². The van der Waals surface area contributed by atoms with Gasteiger partial charge in [0.05, 0.1) is 12.3 Å². The summed E-state index contributed by atoms with van der Waals surface area (Å²) in [5.74, 6) is 0.976. The molecule has 1 aliphatic carbocycles. The van der Waals surface area contributed by atoms with E-state index in [1.165, 1.54) is 12.8 Å². The number of aliphatic hydroxyl groups excluding tert-OH is 1. The first-order valence-corrected chi connectivity index (χ1v) is 6.85. The van der Waals surface area contributed by atoms with Crippen molar-refractivity contribution >= 4 is 11.6 Å². The highest BCUT2D eigenvalue weighted by Crippen LogP contribution is 2.37. The number of rotatable bonds is 3. The lowest BCUT2D eigenvalue weighted by Gasteiger charge is -2.06. The molecule has 3 rings (SSSR count). The predicted octanol–water partition coefficient (Wildman–Crippen LogP) is 2.47. The molecular formula is C13H15ClN4O. The van der Waals surface area contributed by atoms with Crippen LogP contribution in [0.4, 0.5) is 0 Å². The number of hydrogen-bond donors (Lipinski definition) is 1. The SMILES string of the molecule is OCc1c(C2CCCC2)nn(-c2cccnn2)c1Cl. The van der Waals surface area contributed by atoms with Crippen molar-refractivity contribution in [3.63, 3.8) is 0 Å². The molecule has 1 N–H and O–H groups in total. The maximum Gasteiger partial charge on any atom is 0.177 e. The Morgan fingerprint density at radius 3 is 2.79 bits per heavy atom. The average Bonchev–Trinajstić information content (AvgIpc) is 3.07. The molecule has 0 aliphatic heterocycles. The zero-order chi connectivity index (χ0) is 13.2. The van der Waals surface area contributed by atoms with Gasteiger partial charge in [-0.25, -0.2) is 4.68 Å². The second-order valence-corrected chi connectivity index (χ2v) is 5.15. The van der Waals surface area contributed by atoms with Gasteiger partial charge >= 0.3 is 0 Å². The third kappa shape index (κ3) is 2.24. The van der Waals surface area contributed by atoms with Crippen LogP contribution in [0.3, 0.4) is 0 Å². The van der Waals surface area contributed by atoms with E-state index in [4.69, 9.17) is 11.6 Å². The summed E-state index contributed by atoms with van der Waals surface area (Å²) in [6.07, 6.45) is 6.25. The minimum atomic E-state index is -0.0923. The molecule has 100 valence electrons. The van der Waals surface area contributed by atoms with E-state index in [0.29, 0.717) is 16.9 Å². The van der Waals surface area contributed by atoms with E-state index >= 15 is 0 Å². The molecule has 19 heavy (non-hydrogen) atoms. The molecule has 6 heteroatoms. The number of aliphatic hydroxyl groups is 1. The molecule has 0 unspecified atom stereocenters. The van der Waals surface area contributed by atoms with Gasteiger partial charge in [0.1, 0.15) is 5.15 Å². The average molecular weight is 279 g/mol. The van der Waals surface area contributed by atoms with Gasteiger partial charge in [0.2, 0.25) is 0 Å². The molecule has 2 heterocycles. The molecule has 0 aromatic carbocycles. The molecule has 1 saturated carbocycles. The second kappa shape index (κ2) is 5.27. The van der Waals surface area contributed by atoms with E-state index in [9.17, 15) is 5.11 Å². The van der Waals surface area contributed by atoms with Crippen LogP contribution in [0, 0.1) is 0 Å². The molecular weight excluding hydrogens is 264 g/mol. The summed E-state index contributed by atoms with van der Waals surface area (Å²) >= 11 is 6.32. The van der Waals surface area contributed by atoms with Gasteiger partial charge in [-0.15, -0.1) is 5.10 Å². The molecule has 2 aromatic rings. The molecule has 0 saturated heterocycles. The van der Waals surface area contributed by atoms with Crippen LogP contribution < -0.4 is 0 Å². The van der Waals surface area contributed by atoms with Crippen LogP contribution in [0.5, 0.6) is 0 Å². The molecule has 2 aromatic heterocycles. The Kier molecular flexibility index (Phi) is 3.48. The summed E-state index contributed by atoms with van der Waals surface area (Å²) in [6.45, 7) is -0.0923. The Morgan fingerprint density at radius 1 is 1.37 bits per heavy atom. The minimum Gasteiger partial charge on any atom is -0.391 e. The topological polar surface area (TPSA) is 63.8 Å². The molecule has 0 radical (unpaired) electrons. The first-order valence-electron chi connectivity index (χ1n) is 6.47. The lowest BCUT2D eigenvalue weighted by atomic mass is 10.0. The van der Waals surface area contributed by atoms with Crippen LogP contribution in [0.25, 0.3) is 5.82 Å². The van der Waals surface area contributed by atoms with E-state index in [-0.39, 0.29) is 6.61 Å². The molecule has 0 spiro atoms. The van der Waals surface area contributed by atoms with Crippen LogP contribution in [-0.4, -0.2) is 25.1 Å². The molecule has 5 nitrogen and oxygen atoms in total. The molecule has 0 amide bonds. The molecule has 1 fully saturated rings. The van der Waals surface area contributed by atoms with Gasteiger partial charge < -0.3 is 5.11 Å². The zero-order valence-electron chi connectivity index (χ0n) is 10.5. The van der Waals surface area contributed by atoms with Crippen LogP contribution in [0.15, 0.2) is 18.3 Å². The maximum atomic E-state index is 9.55. The minimum absolute atomic E-state index is 0.0923. The Morgan fingerprint density at radius 2 is 2.16 bits per heavy atom. The third-order valence-corrected chi connectivity index (χ3v) is 4.02. The van der Waals surface area contributed by atoms with Crippen molar-refractivity contribution in [3.05, 3.63) is 34.7 Å². The summed E-state index contributed by atoms with van der Waals surface area (Å²) in [5.41, 5.74) is 1.63.